The number of likely N-dealkylation sites (N-methyl/N-ethyl adjacent to an activating group) is 1. The minimum atomic E-state index is -1.60. The number of hydrogen-bond acceptors (Lipinski definition) is 9. The van der Waals surface area contributed by atoms with E-state index < -0.39 is 95.4 Å². The fraction of sp³-hybridized carbons (Fsp3) is 0.568. The molecule has 0 spiro atoms. The first-order valence-electron chi connectivity index (χ1n) is 21.4. The van der Waals surface area contributed by atoms with Gasteiger partial charge in [-0.25, -0.2) is 13.6 Å². The fourth-order valence-corrected chi connectivity index (χ4v) is 9.56. The van der Waals surface area contributed by atoms with Crippen LogP contribution in [0.25, 0.3) is 0 Å². The maximum Gasteiger partial charge on any atom is 0.329 e. The molecule has 6 amide bonds. The third-order valence-electron chi connectivity index (χ3n) is 12.7. The van der Waals surface area contributed by atoms with Crippen LogP contribution in [0, 0.1) is 17.6 Å². The van der Waals surface area contributed by atoms with Gasteiger partial charge in [-0.2, -0.15) is 0 Å². The molecule has 5 aliphatic rings. The molecule has 5 aliphatic heterocycles. The lowest BCUT2D eigenvalue weighted by molar-refractivity contribution is -0.163. The Labute approximate surface area is 353 Å². The van der Waals surface area contributed by atoms with Gasteiger partial charge in [0, 0.05) is 51.4 Å². The van der Waals surface area contributed by atoms with Crippen LogP contribution in [-0.4, -0.2) is 132 Å². The molecule has 61 heavy (non-hydrogen) atoms. The minimum absolute atomic E-state index is 0.0574. The second-order valence-electron chi connectivity index (χ2n) is 17.4. The molecule has 4 fully saturated rings. The van der Waals surface area contributed by atoms with Crippen molar-refractivity contribution in [3.63, 3.8) is 0 Å². The molecule has 15 nitrogen and oxygen atoms in total. The summed E-state index contributed by atoms with van der Waals surface area (Å²) in [5, 5.41) is 8.17. The van der Waals surface area contributed by atoms with E-state index in [2.05, 4.69) is 20.9 Å². The minimum Gasteiger partial charge on any atom is -0.458 e. The normalized spacial score (nSPS) is 27.8. The molecule has 8 atom stereocenters. The highest BCUT2D eigenvalue weighted by molar-refractivity contribution is 5.98. The number of ether oxygens (including phenoxy) is 1. The van der Waals surface area contributed by atoms with E-state index in [1.807, 2.05) is 32.2 Å². The van der Waals surface area contributed by atoms with Crippen molar-refractivity contribution in [1.29, 1.82) is 0 Å². The molecule has 0 aromatic heterocycles. The molecule has 3 N–H and O–H groups in total. The van der Waals surface area contributed by atoms with Gasteiger partial charge in [0.05, 0.1) is 6.42 Å². The molecular weight excluding hydrogens is 793 g/mol. The Balaban J connectivity index is 1.20. The lowest BCUT2D eigenvalue weighted by Gasteiger charge is -2.39. The van der Waals surface area contributed by atoms with Crippen LogP contribution in [0.5, 0.6) is 0 Å². The largest absolute Gasteiger partial charge is 0.458 e. The zero-order chi connectivity index (χ0) is 43.7. The number of cyclic esters (lactones) is 1. The predicted molar refractivity (Wildman–Crippen MR) is 218 cm³/mol. The molecular formula is C44H55F2N7O8. The number of benzene rings is 2. The summed E-state index contributed by atoms with van der Waals surface area (Å²) in [6.45, 7) is 6.27. The van der Waals surface area contributed by atoms with E-state index in [-0.39, 0.29) is 56.8 Å². The lowest BCUT2D eigenvalue weighted by Crippen LogP contribution is -2.63. The Bertz CT molecular complexity index is 2070. The number of halogens is 2. The van der Waals surface area contributed by atoms with Crippen LogP contribution in [0.3, 0.4) is 0 Å². The first-order chi connectivity index (χ1) is 29.1. The number of amides is 6. The van der Waals surface area contributed by atoms with Gasteiger partial charge < -0.3 is 40.3 Å². The Kier molecular flexibility index (Phi) is 12.9. The maximum atomic E-state index is 14.8. The number of carbonyl (C=O) groups excluding carboxylic acids is 7. The van der Waals surface area contributed by atoms with Gasteiger partial charge in [-0.3, -0.25) is 28.8 Å². The number of nitrogens with zero attached hydrogens (tertiary/aromatic N) is 4. The van der Waals surface area contributed by atoms with E-state index >= 15 is 0 Å². The van der Waals surface area contributed by atoms with Crippen molar-refractivity contribution in [3.05, 3.63) is 64.7 Å². The smallest absolute Gasteiger partial charge is 0.329 e. The van der Waals surface area contributed by atoms with Crippen LogP contribution < -0.4 is 20.9 Å². The van der Waals surface area contributed by atoms with Crippen LogP contribution in [-0.2, 0) is 57.6 Å². The van der Waals surface area contributed by atoms with Gasteiger partial charge in [0.15, 0.2) is 0 Å². The van der Waals surface area contributed by atoms with Crippen LogP contribution >= 0.6 is 0 Å². The molecule has 17 heteroatoms. The summed E-state index contributed by atoms with van der Waals surface area (Å²) in [6, 6.07) is 1.42. The highest BCUT2D eigenvalue weighted by atomic mass is 19.1. The van der Waals surface area contributed by atoms with Crippen molar-refractivity contribution >= 4 is 47.1 Å². The number of rotatable bonds is 7. The van der Waals surface area contributed by atoms with Crippen molar-refractivity contribution in [3.8, 4) is 0 Å². The molecule has 0 bridgehead atoms. The number of piperidine rings is 1. The molecule has 0 saturated carbocycles. The second-order valence-corrected chi connectivity index (χ2v) is 17.4. The molecule has 0 radical (unpaired) electrons. The van der Waals surface area contributed by atoms with Gasteiger partial charge in [-0.05, 0) is 99.6 Å². The van der Waals surface area contributed by atoms with Gasteiger partial charge in [0.1, 0.15) is 54.0 Å². The molecule has 5 heterocycles. The number of carbonyl (C=O) groups is 7. The number of esters is 1. The van der Waals surface area contributed by atoms with Gasteiger partial charge in [-0.15, -0.1) is 0 Å². The Morgan fingerprint density at radius 3 is 2.28 bits per heavy atom. The number of hydrogen-bond donors (Lipinski definition) is 3. The zero-order valence-corrected chi connectivity index (χ0v) is 35.1. The fourth-order valence-electron chi connectivity index (χ4n) is 9.56. The number of fused-ring (bicyclic) bond motifs is 4. The second kappa shape index (κ2) is 18.2. The summed E-state index contributed by atoms with van der Waals surface area (Å²) in [5.41, 5.74) is 2.88. The zero-order valence-electron chi connectivity index (χ0n) is 35.1. The van der Waals surface area contributed by atoms with E-state index in [4.69, 9.17) is 4.74 Å². The molecule has 2 aromatic rings. The lowest BCUT2D eigenvalue weighted by atomic mass is 9.99. The third-order valence-corrected chi connectivity index (χ3v) is 12.7. The van der Waals surface area contributed by atoms with E-state index in [9.17, 15) is 42.3 Å². The van der Waals surface area contributed by atoms with Gasteiger partial charge in [0.25, 0.3) is 0 Å². The number of anilines is 1. The highest BCUT2D eigenvalue weighted by Crippen LogP contribution is 2.30. The van der Waals surface area contributed by atoms with Crippen LogP contribution in [0.4, 0.5) is 14.5 Å². The molecule has 0 aliphatic carbocycles. The standard InChI is InChI=1S/C44H55F2N7O8/c1-24-16-36-44(60)61-26(3)38(43(59)52-14-7-9-35(52)42(58)51-13-6-5-8-34(51)40(56)47-25(2)41(57)53(36)23-24)49-39(55)32(20-28-18-30(45)22-31(46)19-28)48-37(54)21-27-10-11-33-29(17-27)12-15-50(33)4/h10-11,17-19,22,24-26,32,34-36,38H,5-9,12-16,20-21,23H2,1-4H3,(H,47,56)(H,48,54)(H,49,55)/t24-,25-,26-,32-,34-,35-,36-,38-/m0/s1. The van der Waals surface area contributed by atoms with Crippen molar-refractivity contribution < 1.29 is 47.1 Å². The van der Waals surface area contributed by atoms with E-state index in [0.29, 0.717) is 37.3 Å². The average molecular weight is 848 g/mol. The van der Waals surface area contributed by atoms with Crippen molar-refractivity contribution in [2.24, 2.45) is 5.92 Å². The number of nitrogens with one attached hydrogen (secondary N) is 3. The Morgan fingerprint density at radius 2 is 1.52 bits per heavy atom. The highest BCUT2D eigenvalue weighted by Gasteiger charge is 2.47. The third kappa shape index (κ3) is 9.49. The van der Waals surface area contributed by atoms with Crippen LogP contribution in [0.1, 0.15) is 76.0 Å². The summed E-state index contributed by atoms with van der Waals surface area (Å²) in [5.74, 6) is -6.37. The maximum absolute atomic E-state index is 14.8. The van der Waals surface area contributed by atoms with Crippen LogP contribution in [0.2, 0.25) is 0 Å². The van der Waals surface area contributed by atoms with E-state index in [1.54, 1.807) is 0 Å². The van der Waals surface area contributed by atoms with Gasteiger partial charge in [0.2, 0.25) is 35.4 Å². The molecule has 0 unspecified atom stereocenters. The topological polar surface area (TPSA) is 178 Å². The first kappa shape index (κ1) is 43.5. The summed E-state index contributed by atoms with van der Waals surface area (Å²) >= 11 is 0. The summed E-state index contributed by atoms with van der Waals surface area (Å²) in [4.78, 5) is 105. The Hall–Kier alpha value is -5.61. The monoisotopic (exact) mass is 847 g/mol. The van der Waals surface area contributed by atoms with Crippen LogP contribution in [0.15, 0.2) is 36.4 Å². The van der Waals surface area contributed by atoms with Gasteiger partial charge in [-0.1, -0.05) is 19.1 Å². The molecule has 7 rings (SSSR count). The summed E-state index contributed by atoms with van der Waals surface area (Å²) < 4.78 is 34.8. The van der Waals surface area contributed by atoms with E-state index in [0.717, 1.165) is 36.3 Å². The molecule has 4 saturated heterocycles. The average Bonchev–Trinajstić information content (AvgIpc) is 3.96. The summed E-state index contributed by atoms with van der Waals surface area (Å²) in [7, 11) is 1.98. The van der Waals surface area contributed by atoms with Crippen molar-refractivity contribution in [2.45, 2.75) is 121 Å². The summed E-state index contributed by atoms with van der Waals surface area (Å²) in [6.07, 6.45) is 1.60. The molecule has 328 valence electrons. The predicted octanol–water partition coefficient (Wildman–Crippen LogP) is 1.77. The quantitative estimate of drug-likeness (QED) is 0.351. The first-order valence-corrected chi connectivity index (χ1v) is 21.4. The SMILES string of the molecule is C[C@H]1C[C@H]2C(=O)O[C@@H](C)[C@H](NC(=O)[C@H](Cc3cc(F)cc(F)c3)NC(=O)Cc3ccc4c(c3)CCN4C)C(=O)N3CCC[C@H]3C(=O)N3CCCC[C@H]3C(=O)N[C@@H](C)C(=O)N2C1. The Morgan fingerprint density at radius 1 is 0.820 bits per heavy atom. The van der Waals surface area contributed by atoms with Crippen molar-refractivity contribution in [2.75, 3.05) is 38.1 Å². The molecule has 2 aromatic carbocycles. The van der Waals surface area contributed by atoms with Crippen molar-refractivity contribution in [1.82, 2.24) is 30.7 Å². The van der Waals surface area contributed by atoms with Gasteiger partial charge >= 0.3 is 5.97 Å². The van der Waals surface area contributed by atoms with E-state index in [1.165, 1.54) is 28.5 Å².